The molecule has 1 aromatic carbocycles. The Morgan fingerprint density at radius 3 is 2.74 bits per heavy atom. The number of carbonyl (C=O) groups excluding carboxylic acids is 2. The first kappa shape index (κ1) is 15.5. The molecule has 0 unspecified atom stereocenters. The van der Waals surface area contributed by atoms with Gasteiger partial charge < -0.3 is 14.8 Å². The zero-order chi connectivity index (χ0) is 14.3. The molecule has 19 heavy (non-hydrogen) atoms. The van der Waals surface area contributed by atoms with Gasteiger partial charge in [-0.05, 0) is 25.1 Å². The van der Waals surface area contributed by atoms with Gasteiger partial charge in [0.25, 0.3) is 0 Å². The van der Waals surface area contributed by atoms with Crippen LogP contribution in [-0.2, 0) is 20.9 Å². The third kappa shape index (κ3) is 5.30. The number of ether oxygens (including phenoxy) is 2. The van der Waals surface area contributed by atoms with Crippen LogP contribution in [0.15, 0.2) is 22.7 Å². The van der Waals surface area contributed by atoms with Crippen LogP contribution in [0.1, 0.15) is 18.9 Å². The number of nitrogens with one attached hydrogen (secondary N) is 1. The van der Waals surface area contributed by atoms with Crippen molar-refractivity contribution < 1.29 is 19.1 Å². The van der Waals surface area contributed by atoms with Crippen molar-refractivity contribution in [1.82, 2.24) is 5.32 Å². The van der Waals surface area contributed by atoms with Crippen molar-refractivity contribution in [2.45, 2.75) is 19.9 Å². The molecule has 0 saturated heterocycles. The normalized spacial score (nSPS) is 9.84. The first-order chi connectivity index (χ1) is 9.06. The Morgan fingerprint density at radius 1 is 1.37 bits per heavy atom. The minimum Gasteiger partial charge on any atom is -0.496 e. The molecular weight excluding hydrogens is 314 g/mol. The predicted octanol–water partition coefficient (Wildman–Crippen LogP) is 2.03. The summed E-state index contributed by atoms with van der Waals surface area (Å²) in [6, 6.07) is 5.50. The summed E-state index contributed by atoms with van der Waals surface area (Å²) in [5.41, 5.74) is 0.828. The van der Waals surface area contributed by atoms with E-state index >= 15 is 0 Å². The van der Waals surface area contributed by atoms with Crippen LogP contribution < -0.4 is 10.1 Å². The van der Waals surface area contributed by atoms with E-state index in [0.29, 0.717) is 12.3 Å². The summed E-state index contributed by atoms with van der Waals surface area (Å²) in [5, 5.41) is 2.65. The molecule has 0 heterocycles. The molecule has 0 aromatic heterocycles. The van der Waals surface area contributed by atoms with Crippen molar-refractivity contribution >= 4 is 27.8 Å². The molecule has 0 atom stereocenters. The molecule has 0 aliphatic rings. The molecule has 0 fully saturated rings. The van der Waals surface area contributed by atoms with Gasteiger partial charge in [0.2, 0.25) is 5.91 Å². The van der Waals surface area contributed by atoms with Gasteiger partial charge in [-0.15, -0.1) is 0 Å². The molecule has 0 spiro atoms. The third-order valence-corrected chi connectivity index (χ3v) is 2.82. The van der Waals surface area contributed by atoms with Crippen molar-refractivity contribution in [3.8, 4) is 5.75 Å². The number of esters is 1. The Kier molecular flexibility index (Phi) is 6.35. The van der Waals surface area contributed by atoms with Gasteiger partial charge in [-0.2, -0.15) is 0 Å². The first-order valence-electron chi connectivity index (χ1n) is 5.81. The molecule has 104 valence electrons. The molecule has 0 saturated carbocycles. The monoisotopic (exact) mass is 329 g/mol. The zero-order valence-electron chi connectivity index (χ0n) is 10.9. The fourth-order valence-electron chi connectivity index (χ4n) is 1.48. The minimum atomic E-state index is -0.527. The van der Waals surface area contributed by atoms with E-state index in [9.17, 15) is 9.59 Å². The molecule has 0 aliphatic heterocycles. The van der Waals surface area contributed by atoms with Crippen molar-refractivity contribution in [2.24, 2.45) is 0 Å². The Labute approximate surface area is 120 Å². The Morgan fingerprint density at radius 2 is 2.11 bits per heavy atom. The molecule has 0 radical (unpaired) electrons. The molecule has 1 N–H and O–H groups in total. The number of carbonyl (C=O) groups is 2. The number of hydrogen-bond donors (Lipinski definition) is 1. The first-order valence-corrected chi connectivity index (χ1v) is 6.60. The largest absolute Gasteiger partial charge is 0.496 e. The van der Waals surface area contributed by atoms with Crippen LogP contribution in [0.25, 0.3) is 0 Å². The van der Waals surface area contributed by atoms with Gasteiger partial charge in [-0.1, -0.05) is 15.9 Å². The number of halogens is 1. The van der Waals surface area contributed by atoms with Crippen molar-refractivity contribution in [3.63, 3.8) is 0 Å². The third-order valence-electron chi connectivity index (χ3n) is 2.33. The van der Waals surface area contributed by atoms with Gasteiger partial charge in [-0.3, -0.25) is 9.59 Å². The Balaban J connectivity index is 2.54. The maximum atomic E-state index is 11.5. The number of methoxy groups -OCH3 is 1. The van der Waals surface area contributed by atoms with E-state index in [0.717, 1.165) is 10.0 Å². The van der Waals surface area contributed by atoms with E-state index in [4.69, 9.17) is 9.47 Å². The average Bonchev–Trinajstić information content (AvgIpc) is 2.36. The highest BCUT2D eigenvalue weighted by Crippen LogP contribution is 2.22. The van der Waals surface area contributed by atoms with Crippen LogP contribution in [0.2, 0.25) is 0 Å². The SMILES string of the molecule is CCOC(=O)CC(=O)NCc1cc(Br)ccc1OC. The lowest BCUT2D eigenvalue weighted by Gasteiger charge is -2.10. The van der Waals surface area contributed by atoms with Gasteiger partial charge in [0.15, 0.2) is 0 Å². The number of rotatable bonds is 6. The highest BCUT2D eigenvalue weighted by atomic mass is 79.9. The van der Waals surface area contributed by atoms with Gasteiger partial charge in [0, 0.05) is 16.6 Å². The van der Waals surface area contributed by atoms with Gasteiger partial charge in [0.1, 0.15) is 12.2 Å². The van der Waals surface area contributed by atoms with Crippen molar-refractivity contribution in [3.05, 3.63) is 28.2 Å². The predicted molar refractivity (Wildman–Crippen MR) is 73.8 cm³/mol. The lowest BCUT2D eigenvalue weighted by molar-refractivity contribution is -0.146. The summed E-state index contributed by atoms with van der Waals surface area (Å²) in [6.07, 6.45) is -0.274. The average molecular weight is 330 g/mol. The summed E-state index contributed by atoms with van der Waals surface area (Å²) in [5.74, 6) is -0.221. The van der Waals surface area contributed by atoms with E-state index in [1.807, 2.05) is 12.1 Å². The molecule has 5 nitrogen and oxygen atoms in total. The summed E-state index contributed by atoms with van der Waals surface area (Å²) in [6.45, 7) is 2.26. The van der Waals surface area contributed by atoms with Crippen LogP contribution >= 0.6 is 15.9 Å². The second-order valence-corrected chi connectivity index (χ2v) is 4.63. The summed E-state index contributed by atoms with van der Waals surface area (Å²) < 4.78 is 10.8. The van der Waals surface area contributed by atoms with Gasteiger partial charge >= 0.3 is 5.97 Å². The maximum absolute atomic E-state index is 11.5. The Bertz CT molecular complexity index is 462. The minimum absolute atomic E-state index is 0.269. The number of hydrogen-bond acceptors (Lipinski definition) is 4. The maximum Gasteiger partial charge on any atom is 0.315 e. The quantitative estimate of drug-likeness (QED) is 0.640. The Hall–Kier alpha value is -1.56. The smallest absolute Gasteiger partial charge is 0.315 e. The van der Waals surface area contributed by atoms with Crippen molar-refractivity contribution in [2.75, 3.05) is 13.7 Å². The lowest BCUT2D eigenvalue weighted by Crippen LogP contribution is -2.26. The van der Waals surface area contributed by atoms with Crippen LogP contribution in [0, 0.1) is 0 Å². The van der Waals surface area contributed by atoms with E-state index in [1.54, 1.807) is 20.1 Å². The van der Waals surface area contributed by atoms with Crippen LogP contribution in [-0.4, -0.2) is 25.6 Å². The lowest BCUT2D eigenvalue weighted by atomic mass is 10.2. The molecule has 0 bridgehead atoms. The summed E-state index contributed by atoms with van der Waals surface area (Å²) in [4.78, 5) is 22.6. The number of benzene rings is 1. The molecule has 0 aliphatic carbocycles. The van der Waals surface area contributed by atoms with E-state index in [1.165, 1.54) is 0 Å². The molecule has 1 amide bonds. The van der Waals surface area contributed by atoms with Crippen LogP contribution in [0.3, 0.4) is 0 Å². The standard InChI is InChI=1S/C13H16BrNO4/c1-3-19-13(17)7-12(16)15-8-9-6-10(14)4-5-11(9)18-2/h4-6H,3,7-8H2,1-2H3,(H,15,16). The number of amides is 1. The topological polar surface area (TPSA) is 64.6 Å². The van der Waals surface area contributed by atoms with Crippen molar-refractivity contribution in [1.29, 1.82) is 0 Å². The van der Waals surface area contributed by atoms with E-state index in [-0.39, 0.29) is 18.9 Å². The second-order valence-electron chi connectivity index (χ2n) is 3.71. The van der Waals surface area contributed by atoms with Crippen LogP contribution in [0.5, 0.6) is 5.75 Å². The summed E-state index contributed by atoms with van der Waals surface area (Å²) >= 11 is 3.35. The van der Waals surface area contributed by atoms with Gasteiger partial charge in [-0.25, -0.2) is 0 Å². The molecular formula is C13H16BrNO4. The second kappa shape index (κ2) is 7.78. The fourth-order valence-corrected chi connectivity index (χ4v) is 1.89. The summed E-state index contributed by atoms with van der Waals surface area (Å²) in [7, 11) is 1.56. The molecule has 6 heteroatoms. The zero-order valence-corrected chi connectivity index (χ0v) is 12.5. The van der Waals surface area contributed by atoms with Gasteiger partial charge in [0.05, 0.1) is 13.7 Å². The molecule has 1 aromatic rings. The highest BCUT2D eigenvalue weighted by Gasteiger charge is 2.11. The van der Waals surface area contributed by atoms with Crippen LogP contribution in [0.4, 0.5) is 0 Å². The van der Waals surface area contributed by atoms with E-state index in [2.05, 4.69) is 21.2 Å². The van der Waals surface area contributed by atoms with E-state index < -0.39 is 5.97 Å². The fraction of sp³-hybridized carbons (Fsp3) is 0.385. The molecule has 1 rings (SSSR count). The highest BCUT2D eigenvalue weighted by molar-refractivity contribution is 9.10.